The maximum atomic E-state index is 11.0. The first-order chi connectivity index (χ1) is 10.6. The Bertz CT molecular complexity index is 600. The van der Waals surface area contributed by atoms with Crippen LogP contribution in [0.1, 0.15) is 25.8 Å². The van der Waals surface area contributed by atoms with Gasteiger partial charge in [-0.3, -0.25) is 0 Å². The third kappa shape index (κ3) is 4.35. The van der Waals surface area contributed by atoms with E-state index in [0.29, 0.717) is 11.7 Å². The first-order valence-corrected chi connectivity index (χ1v) is 7.57. The summed E-state index contributed by atoms with van der Waals surface area (Å²) in [6.45, 7) is 4.49. The molecule has 0 bridgehead atoms. The van der Waals surface area contributed by atoms with Crippen molar-refractivity contribution in [3.63, 3.8) is 0 Å². The van der Waals surface area contributed by atoms with Gasteiger partial charge in [0.2, 0.25) is 0 Å². The van der Waals surface area contributed by atoms with Crippen LogP contribution in [0.5, 0.6) is 5.75 Å². The minimum atomic E-state index is -0.706. The van der Waals surface area contributed by atoms with Crippen LogP contribution in [0.3, 0.4) is 0 Å². The number of hydrogen-bond acceptors (Lipinski definition) is 3. The van der Waals surface area contributed by atoms with Gasteiger partial charge in [0.1, 0.15) is 5.75 Å². The number of rotatable bonds is 5. The summed E-state index contributed by atoms with van der Waals surface area (Å²) < 4.78 is 9.43. The zero-order valence-electron chi connectivity index (χ0n) is 13.3. The first-order valence-electron chi connectivity index (χ1n) is 7.57. The number of hydrogen-bond donors (Lipinski definition) is 0. The molecule has 1 unspecified atom stereocenters. The second-order valence-corrected chi connectivity index (χ2v) is 5.50. The van der Waals surface area contributed by atoms with Gasteiger partial charge in [0.15, 0.2) is 0 Å². The zero-order chi connectivity index (χ0) is 15.9. The number of carbonyl (C=O) groups excluding carboxylic acids is 1. The highest BCUT2D eigenvalue weighted by molar-refractivity contribution is 5.67. The van der Waals surface area contributed by atoms with Gasteiger partial charge in [-0.1, -0.05) is 56.7 Å². The van der Waals surface area contributed by atoms with Gasteiger partial charge in [-0.25, -0.2) is 4.79 Å². The summed E-state index contributed by atoms with van der Waals surface area (Å²) in [4.78, 5) is 11.0. The molecule has 0 radical (unpaired) electrons. The van der Waals surface area contributed by atoms with E-state index in [-0.39, 0.29) is 0 Å². The lowest BCUT2D eigenvalue weighted by Gasteiger charge is -2.09. The molecule has 2 aromatic rings. The fraction of sp³-hybridized carbons (Fsp3) is 0.316. The lowest BCUT2D eigenvalue weighted by atomic mass is 9.97. The fourth-order valence-corrected chi connectivity index (χ4v) is 2.23. The molecule has 0 N–H and O–H groups in total. The van der Waals surface area contributed by atoms with Crippen molar-refractivity contribution in [1.82, 2.24) is 0 Å². The van der Waals surface area contributed by atoms with Crippen LogP contribution in [0.2, 0.25) is 0 Å². The molecule has 22 heavy (non-hydrogen) atoms. The predicted molar refractivity (Wildman–Crippen MR) is 88.1 cm³/mol. The van der Waals surface area contributed by atoms with Gasteiger partial charge < -0.3 is 9.47 Å². The summed E-state index contributed by atoms with van der Waals surface area (Å²) >= 11 is 0. The van der Waals surface area contributed by atoms with Gasteiger partial charge in [-0.2, -0.15) is 0 Å². The van der Waals surface area contributed by atoms with E-state index >= 15 is 0 Å². The molecule has 2 aromatic carbocycles. The average molecular weight is 298 g/mol. The van der Waals surface area contributed by atoms with Crippen LogP contribution >= 0.6 is 0 Å². The number of ether oxygens (including phenoxy) is 2. The number of methoxy groups -OCH3 is 1. The maximum Gasteiger partial charge on any atom is 0.513 e. The fourth-order valence-electron chi connectivity index (χ4n) is 2.23. The summed E-state index contributed by atoms with van der Waals surface area (Å²) in [5.74, 6) is 1.18. The Morgan fingerprint density at radius 1 is 1.00 bits per heavy atom. The van der Waals surface area contributed by atoms with Crippen molar-refractivity contribution in [3.05, 3.63) is 54.1 Å². The van der Waals surface area contributed by atoms with Crippen molar-refractivity contribution < 1.29 is 14.3 Å². The lowest BCUT2D eigenvalue weighted by Crippen LogP contribution is -2.06. The molecule has 0 aliphatic heterocycles. The smallest absolute Gasteiger partial charge is 0.437 e. The molecular formula is C19H22O3. The van der Waals surface area contributed by atoms with E-state index in [4.69, 9.17) is 4.74 Å². The van der Waals surface area contributed by atoms with Gasteiger partial charge in [0.05, 0.1) is 7.11 Å². The van der Waals surface area contributed by atoms with E-state index < -0.39 is 6.16 Å². The van der Waals surface area contributed by atoms with Crippen molar-refractivity contribution in [1.29, 1.82) is 0 Å². The van der Waals surface area contributed by atoms with Gasteiger partial charge in [-0.05, 0) is 41.2 Å². The van der Waals surface area contributed by atoms with Crippen LogP contribution in [0.4, 0.5) is 4.79 Å². The molecule has 0 heterocycles. The molecular weight excluding hydrogens is 276 g/mol. The molecule has 0 aromatic heterocycles. The SMILES string of the molecule is CCC(C)Cc1ccc(-c2ccc(OC(=O)OC)cc2)cc1. The van der Waals surface area contributed by atoms with Crippen LogP contribution in [0, 0.1) is 5.92 Å². The second-order valence-electron chi connectivity index (χ2n) is 5.50. The van der Waals surface area contributed by atoms with Crippen LogP contribution in [0.15, 0.2) is 48.5 Å². The molecule has 0 fully saturated rings. The van der Waals surface area contributed by atoms with E-state index in [0.717, 1.165) is 17.5 Å². The van der Waals surface area contributed by atoms with Gasteiger partial charge >= 0.3 is 6.16 Å². The van der Waals surface area contributed by atoms with Crippen LogP contribution < -0.4 is 4.74 Å². The van der Waals surface area contributed by atoms with Crippen molar-refractivity contribution in [2.75, 3.05) is 7.11 Å². The summed E-state index contributed by atoms with van der Waals surface area (Å²) in [6, 6.07) is 16.0. The van der Waals surface area contributed by atoms with Gasteiger partial charge in [0, 0.05) is 0 Å². The van der Waals surface area contributed by atoms with Crippen molar-refractivity contribution >= 4 is 6.16 Å². The highest BCUT2D eigenvalue weighted by Gasteiger charge is 2.05. The number of carbonyl (C=O) groups is 1. The monoisotopic (exact) mass is 298 g/mol. The molecule has 1 atom stereocenters. The van der Waals surface area contributed by atoms with Crippen molar-refractivity contribution in [2.45, 2.75) is 26.7 Å². The standard InChI is InChI=1S/C19H22O3/c1-4-14(2)13-15-5-7-16(8-6-15)17-9-11-18(12-10-17)22-19(20)21-3/h5-12,14H,4,13H2,1-3H3. The van der Waals surface area contributed by atoms with E-state index in [1.165, 1.54) is 19.1 Å². The normalized spacial score (nSPS) is 11.8. The van der Waals surface area contributed by atoms with Crippen LogP contribution in [-0.2, 0) is 11.2 Å². The topological polar surface area (TPSA) is 35.5 Å². The second kappa shape index (κ2) is 7.64. The largest absolute Gasteiger partial charge is 0.513 e. The van der Waals surface area contributed by atoms with E-state index in [2.05, 4.69) is 42.8 Å². The van der Waals surface area contributed by atoms with Crippen molar-refractivity contribution in [2.24, 2.45) is 5.92 Å². The highest BCUT2D eigenvalue weighted by atomic mass is 16.7. The Hall–Kier alpha value is -2.29. The summed E-state index contributed by atoms with van der Waals surface area (Å²) in [6.07, 6.45) is 1.61. The van der Waals surface area contributed by atoms with E-state index in [9.17, 15) is 4.79 Å². The lowest BCUT2D eigenvalue weighted by molar-refractivity contribution is 0.121. The molecule has 0 saturated carbocycles. The van der Waals surface area contributed by atoms with Crippen molar-refractivity contribution in [3.8, 4) is 16.9 Å². The molecule has 3 heteroatoms. The van der Waals surface area contributed by atoms with Crippen LogP contribution in [0.25, 0.3) is 11.1 Å². The Morgan fingerprint density at radius 3 is 2.05 bits per heavy atom. The quantitative estimate of drug-likeness (QED) is 0.570. The third-order valence-corrected chi connectivity index (χ3v) is 3.79. The maximum absolute atomic E-state index is 11.0. The van der Waals surface area contributed by atoms with E-state index in [1.54, 1.807) is 12.1 Å². The van der Waals surface area contributed by atoms with Gasteiger partial charge in [0.25, 0.3) is 0 Å². The Morgan fingerprint density at radius 2 is 1.55 bits per heavy atom. The molecule has 0 aliphatic carbocycles. The zero-order valence-corrected chi connectivity index (χ0v) is 13.3. The molecule has 0 aliphatic rings. The molecule has 116 valence electrons. The molecule has 0 spiro atoms. The van der Waals surface area contributed by atoms with E-state index in [1.807, 2.05) is 12.1 Å². The van der Waals surface area contributed by atoms with Gasteiger partial charge in [-0.15, -0.1) is 0 Å². The Balaban J connectivity index is 2.06. The average Bonchev–Trinajstić information content (AvgIpc) is 2.56. The summed E-state index contributed by atoms with van der Waals surface area (Å²) in [5, 5.41) is 0. The number of benzene rings is 2. The van der Waals surface area contributed by atoms with Crippen LogP contribution in [-0.4, -0.2) is 13.3 Å². The minimum Gasteiger partial charge on any atom is -0.437 e. The molecule has 0 saturated heterocycles. The Kier molecular flexibility index (Phi) is 5.59. The minimum absolute atomic E-state index is 0.476. The molecule has 2 rings (SSSR count). The first kappa shape index (κ1) is 16.1. The predicted octanol–water partition coefficient (Wildman–Crippen LogP) is 5.09. The Labute approximate surface area is 131 Å². The molecule has 3 nitrogen and oxygen atoms in total. The molecule has 0 amide bonds. The summed E-state index contributed by atoms with van der Waals surface area (Å²) in [5.41, 5.74) is 3.61. The highest BCUT2D eigenvalue weighted by Crippen LogP contribution is 2.24. The third-order valence-electron chi connectivity index (χ3n) is 3.79. The summed E-state index contributed by atoms with van der Waals surface area (Å²) in [7, 11) is 1.29.